The van der Waals surface area contributed by atoms with Crippen LogP contribution in [0.3, 0.4) is 0 Å². The maximum absolute atomic E-state index is 11.0. The zero-order valence-electron chi connectivity index (χ0n) is 6.22. The Balaban J connectivity index is 2.31. The van der Waals surface area contributed by atoms with Crippen LogP contribution in [0.4, 0.5) is 0 Å². The first kappa shape index (κ1) is 7.54. The lowest BCUT2D eigenvalue weighted by molar-refractivity contribution is -0.128. The fourth-order valence-corrected chi connectivity index (χ4v) is 1.15. The molecule has 0 radical (unpaired) electrons. The minimum atomic E-state index is 0.0961. The van der Waals surface area contributed by atoms with E-state index in [0.29, 0.717) is 6.61 Å². The third-order valence-electron chi connectivity index (χ3n) is 1.78. The molecule has 0 aromatic rings. The molecule has 0 saturated carbocycles. The van der Waals surface area contributed by atoms with Gasteiger partial charge in [-0.15, -0.1) is 0 Å². The van der Waals surface area contributed by atoms with E-state index < -0.39 is 0 Å². The van der Waals surface area contributed by atoms with Gasteiger partial charge in [-0.2, -0.15) is 0 Å². The number of rotatable bonds is 1. The van der Waals surface area contributed by atoms with E-state index in [2.05, 4.69) is 5.32 Å². The molecule has 1 saturated heterocycles. The topological polar surface area (TPSA) is 38.3 Å². The number of hydrogen-bond acceptors (Lipinski definition) is 2. The van der Waals surface area contributed by atoms with Crippen LogP contribution in [0.5, 0.6) is 0 Å². The van der Waals surface area contributed by atoms with E-state index in [-0.39, 0.29) is 11.8 Å². The number of ether oxygens (including phenoxy) is 1. The first-order valence-corrected chi connectivity index (χ1v) is 3.64. The zero-order valence-corrected chi connectivity index (χ0v) is 6.22. The van der Waals surface area contributed by atoms with Crippen molar-refractivity contribution in [3.63, 3.8) is 0 Å². The van der Waals surface area contributed by atoms with Crippen molar-refractivity contribution in [3.8, 4) is 0 Å². The van der Waals surface area contributed by atoms with Crippen LogP contribution in [0, 0.1) is 5.92 Å². The number of carbonyl (C=O) groups excluding carboxylic acids is 1. The van der Waals surface area contributed by atoms with Crippen LogP contribution in [-0.4, -0.2) is 26.2 Å². The molecule has 1 rings (SSSR count). The van der Waals surface area contributed by atoms with Crippen molar-refractivity contribution in [3.05, 3.63) is 0 Å². The molecule has 1 atom stereocenters. The van der Waals surface area contributed by atoms with Crippen molar-refractivity contribution >= 4 is 5.91 Å². The van der Waals surface area contributed by atoms with Crippen LogP contribution in [0.2, 0.25) is 0 Å². The van der Waals surface area contributed by atoms with Crippen molar-refractivity contribution in [1.29, 1.82) is 0 Å². The molecule has 3 nitrogen and oxygen atoms in total. The van der Waals surface area contributed by atoms with Crippen molar-refractivity contribution in [2.75, 3.05) is 20.3 Å². The average molecular weight is 143 g/mol. The van der Waals surface area contributed by atoms with Gasteiger partial charge in [-0.25, -0.2) is 0 Å². The molecule has 1 heterocycles. The summed E-state index contributed by atoms with van der Waals surface area (Å²) in [5.74, 6) is 0.207. The Labute approximate surface area is 60.7 Å². The minimum Gasteiger partial charge on any atom is -0.381 e. The summed E-state index contributed by atoms with van der Waals surface area (Å²) in [6, 6.07) is 0. The smallest absolute Gasteiger partial charge is 0.225 e. The summed E-state index contributed by atoms with van der Waals surface area (Å²) in [5.41, 5.74) is 0. The van der Waals surface area contributed by atoms with Gasteiger partial charge < -0.3 is 10.1 Å². The van der Waals surface area contributed by atoms with Gasteiger partial charge in [0.15, 0.2) is 0 Å². The number of carbonyl (C=O) groups is 1. The van der Waals surface area contributed by atoms with Gasteiger partial charge in [0.2, 0.25) is 5.91 Å². The molecule has 0 aliphatic carbocycles. The van der Waals surface area contributed by atoms with Crippen LogP contribution in [0.15, 0.2) is 0 Å². The second-order valence-corrected chi connectivity index (χ2v) is 2.53. The molecule has 1 N–H and O–H groups in total. The monoisotopic (exact) mass is 143 g/mol. The normalized spacial score (nSPS) is 25.9. The Kier molecular flexibility index (Phi) is 2.68. The van der Waals surface area contributed by atoms with Crippen molar-refractivity contribution in [2.45, 2.75) is 12.8 Å². The van der Waals surface area contributed by atoms with Gasteiger partial charge in [-0.3, -0.25) is 4.79 Å². The SMILES string of the molecule is CNC(=O)[C@@H]1CCCOC1. The molecule has 1 amide bonds. The van der Waals surface area contributed by atoms with Crippen LogP contribution < -0.4 is 5.32 Å². The highest BCUT2D eigenvalue weighted by atomic mass is 16.5. The van der Waals surface area contributed by atoms with Gasteiger partial charge in [0.25, 0.3) is 0 Å². The third kappa shape index (κ3) is 1.70. The van der Waals surface area contributed by atoms with Gasteiger partial charge in [0.05, 0.1) is 12.5 Å². The molecule has 1 aliphatic rings. The Morgan fingerprint density at radius 1 is 1.70 bits per heavy atom. The highest BCUT2D eigenvalue weighted by Gasteiger charge is 2.19. The maximum atomic E-state index is 11.0. The molecule has 58 valence electrons. The predicted octanol–water partition coefficient (Wildman–Crippen LogP) is 0.159. The Hall–Kier alpha value is -0.570. The van der Waals surface area contributed by atoms with E-state index >= 15 is 0 Å². The molecule has 10 heavy (non-hydrogen) atoms. The van der Waals surface area contributed by atoms with Crippen LogP contribution >= 0.6 is 0 Å². The minimum absolute atomic E-state index is 0.0961. The second kappa shape index (κ2) is 3.56. The Morgan fingerprint density at radius 3 is 3.00 bits per heavy atom. The lowest BCUT2D eigenvalue weighted by Gasteiger charge is -2.19. The lowest BCUT2D eigenvalue weighted by Crippen LogP contribution is -2.33. The second-order valence-electron chi connectivity index (χ2n) is 2.53. The number of hydrogen-bond donors (Lipinski definition) is 1. The molecule has 0 bridgehead atoms. The molecular formula is C7H13NO2. The fraction of sp³-hybridized carbons (Fsp3) is 0.857. The first-order chi connectivity index (χ1) is 4.84. The van der Waals surface area contributed by atoms with E-state index in [1.165, 1.54) is 0 Å². The van der Waals surface area contributed by atoms with E-state index in [9.17, 15) is 4.79 Å². The highest BCUT2D eigenvalue weighted by molar-refractivity contribution is 5.78. The van der Waals surface area contributed by atoms with E-state index in [1.807, 2.05) is 0 Å². The fourth-order valence-electron chi connectivity index (χ4n) is 1.15. The van der Waals surface area contributed by atoms with Gasteiger partial charge in [-0.05, 0) is 12.8 Å². The zero-order chi connectivity index (χ0) is 7.40. The molecule has 1 aliphatic heterocycles. The Morgan fingerprint density at radius 2 is 2.50 bits per heavy atom. The average Bonchev–Trinajstić information content (AvgIpc) is 2.05. The number of amides is 1. The summed E-state index contributed by atoms with van der Waals surface area (Å²) in [4.78, 5) is 11.0. The van der Waals surface area contributed by atoms with E-state index in [0.717, 1.165) is 19.4 Å². The van der Waals surface area contributed by atoms with Crippen LogP contribution in [0.1, 0.15) is 12.8 Å². The quantitative estimate of drug-likeness (QED) is 0.567. The van der Waals surface area contributed by atoms with Crippen LogP contribution in [-0.2, 0) is 9.53 Å². The van der Waals surface area contributed by atoms with Gasteiger partial charge in [-0.1, -0.05) is 0 Å². The predicted molar refractivity (Wildman–Crippen MR) is 37.6 cm³/mol. The van der Waals surface area contributed by atoms with Gasteiger partial charge in [0.1, 0.15) is 0 Å². The van der Waals surface area contributed by atoms with E-state index in [1.54, 1.807) is 7.05 Å². The molecule has 3 heteroatoms. The summed E-state index contributed by atoms with van der Waals surface area (Å²) >= 11 is 0. The molecule has 1 fully saturated rings. The first-order valence-electron chi connectivity index (χ1n) is 3.64. The molecule has 0 aromatic heterocycles. The molecular weight excluding hydrogens is 130 g/mol. The summed E-state index contributed by atoms with van der Waals surface area (Å²) < 4.78 is 5.14. The van der Waals surface area contributed by atoms with Crippen molar-refractivity contribution in [1.82, 2.24) is 5.32 Å². The number of nitrogens with one attached hydrogen (secondary N) is 1. The van der Waals surface area contributed by atoms with Gasteiger partial charge >= 0.3 is 0 Å². The molecule has 0 spiro atoms. The van der Waals surface area contributed by atoms with Crippen LogP contribution in [0.25, 0.3) is 0 Å². The lowest BCUT2D eigenvalue weighted by atomic mass is 10.0. The highest BCUT2D eigenvalue weighted by Crippen LogP contribution is 2.12. The standard InChI is InChI=1S/C7H13NO2/c1-8-7(9)6-3-2-4-10-5-6/h6H,2-5H2,1H3,(H,8,9)/t6-/m1/s1. The summed E-state index contributed by atoms with van der Waals surface area (Å²) in [5, 5.41) is 2.62. The molecule has 0 unspecified atom stereocenters. The maximum Gasteiger partial charge on any atom is 0.225 e. The van der Waals surface area contributed by atoms with Crippen molar-refractivity contribution in [2.24, 2.45) is 5.92 Å². The summed E-state index contributed by atoms with van der Waals surface area (Å²) in [7, 11) is 1.66. The van der Waals surface area contributed by atoms with E-state index in [4.69, 9.17) is 4.74 Å². The largest absolute Gasteiger partial charge is 0.381 e. The van der Waals surface area contributed by atoms with Gasteiger partial charge in [0, 0.05) is 13.7 Å². The van der Waals surface area contributed by atoms with Crippen molar-refractivity contribution < 1.29 is 9.53 Å². The molecule has 0 aromatic carbocycles. The summed E-state index contributed by atoms with van der Waals surface area (Å²) in [6.07, 6.45) is 1.98. The summed E-state index contributed by atoms with van der Waals surface area (Å²) in [6.45, 7) is 1.41. The third-order valence-corrected chi connectivity index (χ3v) is 1.78. The Bertz CT molecular complexity index is 119.